The number of ether oxygens (including phenoxy) is 3. The first-order valence-corrected chi connectivity index (χ1v) is 20.3. The predicted molar refractivity (Wildman–Crippen MR) is 199 cm³/mol. The Morgan fingerprint density at radius 3 is 2.22 bits per heavy atom. The standard InChI is InChI=1S/C40H45N3O7Si/c1-26-37(51(4,5)32-18-16-31(49-3)17-19-32)35(24-36(45)43(21-22-44)25-27-9-7-6-8-10-27)50-40(26)33-23-29(13-20-34(33)42-39(40)47)41-38(46)28-11-14-30(48-2)15-12-28/h6-20,23,26,35,37,44H,21-22,24-25H2,1-5H3,(H,41,46)(H,42,47)/t26-,35+,37-,40+/m1/s1. The van der Waals surface area contributed by atoms with E-state index in [-0.39, 0.29) is 48.8 Å². The quantitative estimate of drug-likeness (QED) is 0.165. The Morgan fingerprint density at radius 2 is 1.59 bits per heavy atom. The fraction of sp³-hybridized carbons (Fsp3) is 0.325. The fourth-order valence-corrected chi connectivity index (χ4v) is 11.9. The Morgan fingerprint density at radius 1 is 0.941 bits per heavy atom. The van der Waals surface area contributed by atoms with E-state index < -0.39 is 19.8 Å². The molecule has 4 aromatic carbocycles. The monoisotopic (exact) mass is 707 g/mol. The molecule has 0 saturated carbocycles. The first kappa shape index (κ1) is 35.8. The Balaban J connectivity index is 1.36. The number of anilines is 2. The largest absolute Gasteiger partial charge is 0.497 e. The molecule has 6 rings (SSSR count). The van der Waals surface area contributed by atoms with Crippen molar-refractivity contribution in [1.82, 2.24) is 4.90 Å². The van der Waals surface area contributed by atoms with Crippen LogP contribution >= 0.6 is 0 Å². The first-order valence-electron chi connectivity index (χ1n) is 17.2. The van der Waals surface area contributed by atoms with Gasteiger partial charge in [-0.15, -0.1) is 0 Å². The molecule has 2 heterocycles. The number of fused-ring (bicyclic) bond motifs is 2. The van der Waals surface area contributed by atoms with E-state index in [1.807, 2.05) is 55.5 Å². The molecule has 3 amide bonds. The minimum absolute atomic E-state index is 0.0344. The number of aliphatic hydroxyl groups excluding tert-OH is 1. The number of carbonyl (C=O) groups excluding carboxylic acids is 3. The number of nitrogens with zero attached hydrogens (tertiary/aromatic N) is 1. The van der Waals surface area contributed by atoms with Crippen LogP contribution in [-0.2, 0) is 26.5 Å². The van der Waals surface area contributed by atoms with Gasteiger partial charge in [-0.25, -0.2) is 0 Å². The van der Waals surface area contributed by atoms with E-state index in [2.05, 4.69) is 35.9 Å². The molecule has 0 radical (unpaired) electrons. The van der Waals surface area contributed by atoms with Crippen molar-refractivity contribution in [3.8, 4) is 11.5 Å². The minimum Gasteiger partial charge on any atom is -0.497 e. The zero-order chi connectivity index (χ0) is 36.3. The van der Waals surface area contributed by atoms with Gasteiger partial charge in [0.2, 0.25) is 5.91 Å². The van der Waals surface area contributed by atoms with E-state index in [9.17, 15) is 19.5 Å². The van der Waals surface area contributed by atoms with Crippen molar-refractivity contribution < 1.29 is 33.7 Å². The third-order valence-corrected chi connectivity index (χ3v) is 14.9. The van der Waals surface area contributed by atoms with E-state index in [0.717, 1.165) is 16.5 Å². The van der Waals surface area contributed by atoms with Crippen LogP contribution in [-0.4, -0.2) is 69.3 Å². The highest BCUT2D eigenvalue weighted by Crippen LogP contribution is 2.59. The number of rotatable bonds is 12. The van der Waals surface area contributed by atoms with E-state index in [4.69, 9.17) is 14.2 Å². The average Bonchev–Trinajstić information content (AvgIpc) is 3.60. The molecule has 0 aliphatic carbocycles. The molecule has 2 aliphatic heterocycles. The first-order chi connectivity index (χ1) is 24.5. The molecule has 0 bridgehead atoms. The van der Waals surface area contributed by atoms with Crippen LogP contribution in [0.25, 0.3) is 0 Å². The highest BCUT2D eigenvalue weighted by molar-refractivity contribution is 6.91. The highest BCUT2D eigenvalue weighted by atomic mass is 28.3. The van der Waals surface area contributed by atoms with Gasteiger partial charge in [0, 0.05) is 41.5 Å². The molecule has 4 atom stereocenters. The van der Waals surface area contributed by atoms with Crippen LogP contribution in [0.5, 0.6) is 11.5 Å². The smallest absolute Gasteiger partial charge is 0.261 e. The number of nitrogens with one attached hydrogen (secondary N) is 2. The molecule has 51 heavy (non-hydrogen) atoms. The summed E-state index contributed by atoms with van der Waals surface area (Å²) in [6, 6.07) is 29.9. The third kappa shape index (κ3) is 6.89. The molecular formula is C40H45N3O7Si. The summed E-state index contributed by atoms with van der Waals surface area (Å²) < 4.78 is 17.7. The number of amides is 3. The van der Waals surface area contributed by atoms with Gasteiger partial charge in [0.1, 0.15) is 11.5 Å². The van der Waals surface area contributed by atoms with E-state index in [0.29, 0.717) is 34.8 Å². The summed E-state index contributed by atoms with van der Waals surface area (Å²) in [4.78, 5) is 43.3. The number of hydrogen-bond donors (Lipinski definition) is 3. The second-order valence-electron chi connectivity index (χ2n) is 13.8. The Bertz CT molecular complexity index is 1880. The van der Waals surface area contributed by atoms with Crippen LogP contribution in [0.1, 0.15) is 34.8 Å². The number of aliphatic hydroxyl groups is 1. The molecule has 4 aromatic rings. The summed E-state index contributed by atoms with van der Waals surface area (Å²) in [5.41, 5.74) is 1.59. The normalized spacial score (nSPS) is 20.8. The number of carbonyl (C=O) groups is 3. The second-order valence-corrected chi connectivity index (χ2v) is 18.5. The van der Waals surface area contributed by atoms with Crippen molar-refractivity contribution in [2.24, 2.45) is 5.92 Å². The van der Waals surface area contributed by atoms with E-state index in [1.165, 1.54) is 0 Å². The molecule has 1 fully saturated rings. The molecule has 2 aliphatic rings. The number of methoxy groups -OCH3 is 2. The maximum atomic E-state index is 14.2. The van der Waals surface area contributed by atoms with Crippen molar-refractivity contribution in [2.45, 2.75) is 50.2 Å². The fourth-order valence-electron chi connectivity index (χ4n) is 7.87. The summed E-state index contributed by atoms with van der Waals surface area (Å²) in [6.07, 6.45) is -0.574. The summed E-state index contributed by atoms with van der Waals surface area (Å²) >= 11 is 0. The molecule has 10 nitrogen and oxygen atoms in total. The van der Waals surface area contributed by atoms with Crippen LogP contribution in [0, 0.1) is 5.92 Å². The van der Waals surface area contributed by atoms with Crippen molar-refractivity contribution in [2.75, 3.05) is 38.0 Å². The van der Waals surface area contributed by atoms with Crippen LogP contribution in [0.4, 0.5) is 11.4 Å². The molecule has 0 aromatic heterocycles. The molecule has 0 unspecified atom stereocenters. The Hall–Kier alpha value is -4.97. The van der Waals surface area contributed by atoms with Gasteiger partial charge < -0.3 is 34.9 Å². The molecule has 1 spiro atoms. The van der Waals surface area contributed by atoms with Crippen molar-refractivity contribution in [1.29, 1.82) is 0 Å². The predicted octanol–water partition coefficient (Wildman–Crippen LogP) is 5.54. The highest BCUT2D eigenvalue weighted by Gasteiger charge is 2.65. The number of hydrogen-bond acceptors (Lipinski definition) is 7. The lowest BCUT2D eigenvalue weighted by atomic mass is 9.82. The molecular weight excluding hydrogens is 663 g/mol. The third-order valence-electron chi connectivity index (χ3n) is 10.5. The summed E-state index contributed by atoms with van der Waals surface area (Å²) in [5.74, 6) is 0.294. The van der Waals surface area contributed by atoms with Gasteiger partial charge in [-0.2, -0.15) is 0 Å². The Labute approximate surface area is 299 Å². The van der Waals surface area contributed by atoms with Gasteiger partial charge >= 0.3 is 0 Å². The van der Waals surface area contributed by atoms with Gasteiger partial charge in [-0.1, -0.05) is 67.7 Å². The van der Waals surface area contributed by atoms with E-state index in [1.54, 1.807) is 55.5 Å². The Kier molecular flexibility index (Phi) is 10.3. The molecule has 3 N–H and O–H groups in total. The summed E-state index contributed by atoms with van der Waals surface area (Å²) in [7, 11) is 0.701. The second kappa shape index (κ2) is 14.7. The topological polar surface area (TPSA) is 126 Å². The van der Waals surface area contributed by atoms with Gasteiger partial charge in [-0.3, -0.25) is 14.4 Å². The van der Waals surface area contributed by atoms with Gasteiger partial charge in [0.15, 0.2) is 5.60 Å². The van der Waals surface area contributed by atoms with Gasteiger partial charge in [0.05, 0.1) is 41.4 Å². The van der Waals surface area contributed by atoms with E-state index >= 15 is 0 Å². The maximum absolute atomic E-state index is 14.2. The van der Waals surface area contributed by atoms with Gasteiger partial charge in [-0.05, 0) is 65.7 Å². The number of benzene rings is 4. The summed E-state index contributed by atoms with van der Waals surface area (Å²) in [6.45, 7) is 6.89. The van der Waals surface area contributed by atoms with Crippen molar-refractivity contribution in [3.63, 3.8) is 0 Å². The van der Waals surface area contributed by atoms with Crippen molar-refractivity contribution in [3.05, 3.63) is 114 Å². The average molecular weight is 708 g/mol. The molecule has 266 valence electrons. The maximum Gasteiger partial charge on any atom is 0.261 e. The van der Waals surface area contributed by atoms with Crippen molar-refractivity contribution >= 4 is 42.4 Å². The molecule has 1 saturated heterocycles. The summed E-state index contributed by atoms with van der Waals surface area (Å²) in [5, 5.41) is 17.1. The van der Waals surface area contributed by atoms with Crippen LogP contribution in [0.15, 0.2) is 97.1 Å². The zero-order valence-corrected chi connectivity index (χ0v) is 30.6. The lowest BCUT2D eigenvalue weighted by Gasteiger charge is -2.37. The lowest BCUT2D eigenvalue weighted by molar-refractivity contribution is -0.148. The minimum atomic E-state index is -2.50. The van der Waals surface area contributed by atoms with Gasteiger partial charge in [0.25, 0.3) is 11.8 Å². The van der Waals surface area contributed by atoms with Crippen LogP contribution < -0.4 is 25.3 Å². The SMILES string of the molecule is COc1ccc(C(=O)Nc2ccc3c(c2)[C@]2(O[C@@H](CC(=O)N(CCO)Cc4ccccc4)[C@H]([Si](C)(C)c4ccc(OC)cc4)[C@H]2C)C(=O)N3)cc1. The zero-order valence-electron chi connectivity index (χ0n) is 29.6. The van der Waals surface area contributed by atoms with Crippen LogP contribution in [0.2, 0.25) is 18.6 Å². The molecule has 11 heteroatoms. The van der Waals surface area contributed by atoms with Crippen LogP contribution in [0.3, 0.4) is 0 Å². The lowest BCUT2D eigenvalue weighted by Crippen LogP contribution is -2.52.